The van der Waals surface area contributed by atoms with Crippen LogP contribution in [0.15, 0.2) is 18.2 Å². The predicted molar refractivity (Wildman–Crippen MR) is 57.6 cm³/mol. The Morgan fingerprint density at radius 2 is 1.93 bits per heavy atom. The fourth-order valence-electron chi connectivity index (χ4n) is 1.77. The van der Waals surface area contributed by atoms with Crippen LogP contribution in [0.3, 0.4) is 0 Å². The highest BCUT2D eigenvalue weighted by Gasteiger charge is 2.17. The lowest BCUT2D eigenvalue weighted by atomic mass is 10.2. The molecule has 0 N–H and O–H groups in total. The molecule has 0 aromatic heterocycles. The summed E-state index contributed by atoms with van der Waals surface area (Å²) in [5.74, 6) is 0. The van der Waals surface area contributed by atoms with Gasteiger partial charge in [0, 0.05) is 19.2 Å². The first-order valence-corrected chi connectivity index (χ1v) is 5.08. The molecule has 80 valence electrons. The zero-order chi connectivity index (χ0) is 9.97. The number of diazo groups is 1. The molecule has 1 fully saturated rings. The summed E-state index contributed by atoms with van der Waals surface area (Å²) in [4.78, 5) is 5.35. The van der Waals surface area contributed by atoms with E-state index in [-0.39, 0.29) is 12.4 Å². The van der Waals surface area contributed by atoms with E-state index < -0.39 is 0 Å². The SMILES string of the molecule is N#[N+]c1ccc(N2CCCC2)c(Cl)c1.[Cl-]. The molecular weight excluding hydrogens is 233 g/mol. The summed E-state index contributed by atoms with van der Waals surface area (Å²) in [5.41, 5.74) is 1.54. The van der Waals surface area contributed by atoms with E-state index in [1.54, 1.807) is 12.1 Å². The van der Waals surface area contributed by atoms with E-state index in [1.165, 1.54) is 12.8 Å². The average molecular weight is 244 g/mol. The lowest BCUT2D eigenvalue weighted by molar-refractivity contribution is -0.00000295. The molecule has 0 spiro atoms. The Labute approximate surface area is 100 Å². The Bertz CT molecular complexity index is 381. The average Bonchev–Trinajstić information content (AvgIpc) is 2.70. The largest absolute Gasteiger partial charge is 1.00 e. The van der Waals surface area contributed by atoms with Gasteiger partial charge in [0.1, 0.15) is 0 Å². The van der Waals surface area contributed by atoms with E-state index in [2.05, 4.69) is 9.88 Å². The molecule has 0 unspecified atom stereocenters. The maximum atomic E-state index is 8.57. The van der Waals surface area contributed by atoms with Crippen LogP contribution < -0.4 is 17.3 Å². The van der Waals surface area contributed by atoms with Crippen molar-refractivity contribution in [3.63, 3.8) is 0 Å². The zero-order valence-corrected chi connectivity index (χ0v) is 9.67. The number of nitrogens with zero attached hydrogens (tertiary/aromatic N) is 3. The number of rotatable bonds is 1. The first-order chi connectivity index (χ1) is 6.81. The minimum absolute atomic E-state index is 0. The molecule has 1 aliphatic heterocycles. The molecule has 15 heavy (non-hydrogen) atoms. The van der Waals surface area contributed by atoms with Crippen LogP contribution in [0.2, 0.25) is 5.02 Å². The highest BCUT2D eigenvalue weighted by molar-refractivity contribution is 6.33. The Morgan fingerprint density at radius 1 is 1.27 bits per heavy atom. The molecular formula is C10H11Cl2N3. The van der Waals surface area contributed by atoms with Crippen LogP contribution in [0, 0.1) is 5.39 Å². The standard InChI is InChI=1S/C10H11ClN3.ClH/c11-9-7-8(13-12)3-4-10(9)14-5-1-2-6-14;/h3-4,7H,1-2,5-6H2;1H/q+1;/p-1. The van der Waals surface area contributed by atoms with Gasteiger partial charge < -0.3 is 17.3 Å². The highest BCUT2D eigenvalue weighted by atomic mass is 35.5. The first-order valence-electron chi connectivity index (χ1n) is 4.71. The van der Waals surface area contributed by atoms with Crippen molar-refractivity contribution >= 4 is 23.0 Å². The minimum Gasteiger partial charge on any atom is -1.00 e. The number of halogens is 2. The minimum atomic E-state index is 0. The number of benzene rings is 1. The lowest BCUT2D eigenvalue weighted by Crippen LogP contribution is -3.00. The molecule has 1 aromatic rings. The van der Waals surface area contributed by atoms with Crippen molar-refractivity contribution < 1.29 is 12.4 Å². The maximum absolute atomic E-state index is 8.57. The second-order valence-electron chi connectivity index (χ2n) is 3.43. The van der Waals surface area contributed by atoms with Gasteiger partial charge in [0.25, 0.3) is 0 Å². The van der Waals surface area contributed by atoms with Gasteiger partial charge in [-0.25, -0.2) is 0 Å². The first kappa shape index (κ1) is 12.1. The third-order valence-electron chi connectivity index (χ3n) is 2.49. The van der Waals surface area contributed by atoms with Crippen molar-refractivity contribution in [1.82, 2.24) is 0 Å². The van der Waals surface area contributed by atoms with Crippen molar-refractivity contribution in [3.05, 3.63) is 28.2 Å². The molecule has 0 saturated carbocycles. The van der Waals surface area contributed by atoms with Crippen molar-refractivity contribution in [3.8, 4) is 0 Å². The van der Waals surface area contributed by atoms with Gasteiger partial charge in [0.2, 0.25) is 5.39 Å². The van der Waals surface area contributed by atoms with Gasteiger partial charge in [-0.3, -0.25) is 0 Å². The summed E-state index contributed by atoms with van der Waals surface area (Å²) in [7, 11) is 0. The molecule has 0 amide bonds. The lowest BCUT2D eigenvalue weighted by Gasteiger charge is -2.17. The third kappa shape index (κ3) is 2.53. The summed E-state index contributed by atoms with van der Waals surface area (Å²) in [6.07, 6.45) is 2.45. The van der Waals surface area contributed by atoms with Crippen LogP contribution in [0.1, 0.15) is 12.8 Å². The maximum Gasteiger partial charge on any atom is 0.386 e. The molecule has 1 aromatic carbocycles. The van der Waals surface area contributed by atoms with Gasteiger partial charge in [-0.2, -0.15) is 0 Å². The Balaban J connectivity index is 0.00000112. The summed E-state index contributed by atoms with van der Waals surface area (Å²) < 4.78 is 0. The molecule has 1 aliphatic rings. The van der Waals surface area contributed by atoms with Crippen LogP contribution >= 0.6 is 11.6 Å². The van der Waals surface area contributed by atoms with Crippen LogP contribution in [0.4, 0.5) is 11.4 Å². The highest BCUT2D eigenvalue weighted by Crippen LogP contribution is 2.31. The Hall–Kier alpha value is -0.980. The smallest absolute Gasteiger partial charge is 0.386 e. The molecule has 0 aliphatic carbocycles. The van der Waals surface area contributed by atoms with Crippen LogP contribution in [0.5, 0.6) is 0 Å². The molecule has 0 atom stereocenters. The van der Waals surface area contributed by atoms with E-state index in [0.717, 1.165) is 18.8 Å². The van der Waals surface area contributed by atoms with Crippen LogP contribution in [-0.2, 0) is 0 Å². The third-order valence-corrected chi connectivity index (χ3v) is 2.80. The van der Waals surface area contributed by atoms with Crippen LogP contribution in [-0.4, -0.2) is 13.1 Å². The fraction of sp³-hybridized carbons (Fsp3) is 0.400. The molecule has 5 heteroatoms. The number of anilines is 1. The number of hydrogen-bond donors (Lipinski definition) is 0. The van der Waals surface area contributed by atoms with E-state index in [0.29, 0.717) is 10.7 Å². The van der Waals surface area contributed by atoms with Crippen molar-refractivity contribution in [2.45, 2.75) is 12.8 Å². The van der Waals surface area contributed by atoms with Crippen molar-refractivity contribution in [2.75, 3.05) is 18.0 Å². The second-order valence-corrected chi connectivity index (χ2v) is 3.84. The summed E-state index contributed by atoms with van der Waals surface area (Å²) in [6.45, 7) is 2.13. The van der Waals surface area contributed by atoms with Gasteiger partial charge in [-0.1, -0.05) is 11.6 Å². The molecule has 0 bridgehead atoms. The van der Waals surface area contributed by atoms with Crippen molar-refractivity contribution in [2.24, 2.45) is 0 Å². The van der Waals surface area contributed by atoms with Crippen LogP contribution in [0.25, 0.3) is 4.98 Å². The Kier molecular flexibility index (Phi) is 4.19. The summed E-state index contributed by atoms with van der Waals surface area (Å²) in [6, 6.07) is 5.34. The molecule has 1 heterocycles. The van der Waals surface area contributed by atoms with Crippen molar-refractivity contribution in [1.29, 1.82) is 5.39 Å². The zero-order valence-electron chi connectivity index (χ0n) is 8.16. The summed E-state index contributed by atoms with van der Waals surface area (Å²) >= 11 is 6.08. The normalized spacial score (nSPS) is 14.5. The predicted octanol–water partition coefficient (Wildman–Crippen LogP) is 0.429. The van der Waals surface area contributed by atoms with Gasteiger partial charge in [-0.05, 0) is 18.9 Å². The molecule has 0 radical (unpaired) electrons. The van der Waals surface area contributed by atoms with Gasteiger partial charge in [0.15, 0.2) is 4.98 Å². The van der Waals surface area contributed by atoms with E-state index in [9.17, 15) is 0 Å². The number of hydrogen-bond acceptors (Lipinski definition) is 2. The van der Waals surface area contributed by atoms with E-state index in [1.807, 2.05) is 6.07 Å². The van der Waals surface area contributed by atoms with Gasteiger partial charge in [-0.15, -0.1) is 0 Å². The van der Waals surface area contributed by atoms with Gasteiger partial charge >= 0.3 is 5.69 Å². The molecule has 2 rings (SSSR count). The van der Waals surface area contributed by atoms with Gasteiger partial charge in [0.05, 0.1) is 16.8 Å². The topological polar surface area (TPSA) is 31.4 Å². The molecule has 3 nitrogen and oxygen atoms in total. The van der Waals surface area contributed by atoms with E-state index in [4.69, 9.17) is 17.0 Å². The molecule has 1 saturated heterocycles. The second kappa shape index (κ2) is 5.20. The fourth-order valence-corrected chi connectivity index (χ4v) is 2.07. The summed E-state index contributed by atoms with van der Waals surface area (Å²) in [5, 5.41) is 9.23. The van der Waals surface area contributed by atoms with E-state index >= 15 is 0 Å². The Morgan fingerprint density at radius 3 is 2.47 bits per heavy atom. The quantitative estimate of drug-likeness (QED) is 0.671. The monoisotopic (exact) mass is 243 g/mol.